The van der Waals surface area contributed by atoms with E-state index in [0.717, 1.165) is 25.9 Å². The molecule has 1 fully saturated rings. The van der Waals surface area contributed by atoms with E-state index in [-0.39, 0.29) is 6.54 Å². The van der Waals surface area contributed by atoms with Crippen LogP contribution in [0.25, 0.3) is 0 Å². The minimum atomic E-state index is -0.666. The molecule has 5 N–H and O–H groups in total. The summed E-state index contributed by atoms with van der Waals surface area (Å²) < 4.78 is 0. The quantitative estimate of drug-likeness (QED) is 0.417. The van der Waals surface area contributed by atoms with Crippen LogP contribution in [0.1, 0.15) is 12.8 Å². The zero-order valence-electron chi connectivity index (χ0n) is 7.68. The van der Waals surface area contributed by atoms with E-state index < -0.39 is 11.5 Å². The van der Waals surface area contributed by atoms with Gasteiger partial charge in [0, 0.05) is 6.54 Å². The maximum Gasteiger partial charge on any atom is 0.231 e. The topological polar surface area (TPSA) is 87.4 Å². The van der Waals surface area contributed by atoms with Gasteiger partial charge in [0.25, 0.3) is 0 Å². The lowest BCUT2D eigenvalue weighted by atomic mass is 9.92. The van der Waals surface area contributed by atoms with Crippen molar-refractivity contribution in [2.24, 2.45) is 5.73 Å². The first-order chi connectivity index (χ1) is 6.12. The Kier molecular flexibility index (Phi) is 3.65. The third-order valence-corrected chi connectivity index (χ3v) is 2.29. The fourth-order valence-corrected chi connectivity index (χ4v) is 1.49. The number of hydrogen-bond donors (Lipinski definition) is 4. The van der Waals surface area contributed by atoms with Crippen molar-refractivity contribution < 1.29 is 9.90 Å². The normalized spacial score (nSPS) is 21.3. The highest BCUT2D eigenvalue weighted by Gasteiger charge is 2.28. The molecule has 0 aromatic carbocycles. The molecule has 0 bridgehead atoms. The molecule has 0 aliphatic carbocycles. The predicted molar refractivity (Wildman–Crippen MR) is 49.1 cm³/mol. The third kappa shape index (κ3) is 3.71. The summed E-state index contributed by atoms with van der Waals surface area (Å²) in [6.07, 6.45) is 1.44. The summed E-state index contributed by atoms with van der Waals surface area (Å²) in [5.74, 6) is -0.391. The average molecular weight is 187 g/mol. The van der Waals surface area contributed by atoms with Gasteiger partial charge in [-0.1, -0.05) is 0 Å². The number of carbonyl (C=O) groups is 1. The molecular formula is C8H17N3O2. The molecule has 1 amide bonds. The molecular weight excluding hydrogens is 170 g/mol. The Hall–Kier alpha value is -0.650. The van der Waals surface area contributed by atoms with Gasteiger partial charge in [0.1, 0.15) is 0 Å². The van der Waals surface area contributed by atoms with E-state index in [0.29, 0.717) is 6.54 Å². The number of rotatable bonds is 4. The summed E-state index contributed by atoms with van der Waals surface area (Å²) in [4.78, 5) is 10.4. The van der Waals surface area contributed by atoms with E-state index in [4.69, 9.17) is 5.73 Å². The number of hydrogen-bond acceptors (Lipinski definition) is 4. The lowest BCUT2D eigenvalue weighted by Crippen LogP contribution is -2.49. The van der Waals surface area contributed by atoms with Gasteiger partial charge in [0.15, 0.2) is 0 Å². The molecule has 0 aromatic heterocycles. The van der Waals surface area contributed by atoms with Crippen LogP contribution in [0, 0.1) is 0 Å². The Morgan fingerprint density at radius 2 is 2.15 bits per heavy atom. The highest BCUT2D eigenvalue weighted by Crippen LogP contribution is 2.16. The molecule has 5 nitrogen and oxygen atoms in total. The maximum absolute atomic E-state index is 10.4. The second-order valence-electron chi connectivity index (χ2n) is 3.54. The largest absolute Gasteiger partial charge is 0.388 e. The van der Waals surface area contributed by atoms with Crippen molar-refractivity contribution in [1.29, 1.82) is 0 Å². The van der Waals surface area contributed by atoms with Gasteiger partial charge in [-0.15, -0.1) is 0 Å². The van der Waals surface area contributed by atoms with Gasteiger partial charge in [0.05, 0.1) is 12.1 Å². The van der Waals surface area contributed by atoms with Crippen molar-refractivity contribution in [3.63, 3.8) is 0 Å². The van der Waals surface area contributed by atoms with E-state index >= 15 is 0 Å². The zero-order chi connectivity index (χ0) is 9.73. The van der Waals surface area contributed by atoms with Gasteiger partial charge in [-0.25, -0.2) is 0 Å². The molecule has 76 valence electrons. The number of aliphatic hydroxyl groups is 1. The van der Waals surface area contributed by atoms with Crippen LogP contribution in [0.3, 0.4) is 0 Å². The fraction of sp³-hybridized carbons (Fsp3) is 0.875. The van der Waals surface area contributed by atoms with Crippen LogP contribution < -0.4 is 16.4 Å². The minimum Gasteiger partial charge on any atom is -0.388 e. The van der Waals surface area contributed by atoms with E-state index in [9.17, 15) is 9.90 Å². The van der Waals surface area contributed by atoms with E-state index in [1.165, 1.54) is 0 Å². The minimum absolute atomic E-state index is 0.135. The molecule has 0 spiro atoms. The first kappa shape index (κ1) is 10.4. The number of nitrogens with one attached hydrogen (secondary N) is 2. The summed E-state index contributed by atoms with van der Waals surface area (Å²) in [5.41, 5.74) is 4.29. The van der Waals surface area contributed by atoms with Gasteiger partial charge >= 0.3 is 0 Å². The van der Waals surface area contributed by atoms with Crippen molar-refractivity contribution in [3.05, 3.63) is 0 Å². The van der Waals surface area contributed by atoms with Crippen LogP contribution in [0.4, 0.5) is 0 Å². The zero-order valence-corrected chi connectivity index (χ0v) is 7.68. The Balaban J connectivity index is 2.21. The molecule has 0 unspecified atom stereocenters. The fourth-order valence-electron chi connectivity index (χ4n) is 1.49. The van der Waals surface area contributed by atoms with Gasteiger partial charge in [-0.3, -0.25) is 4.79 Å². The van der Waals surface area contributed by atoms with Crippen molar-refractivity contribution in [1.82, 2.24) is 10.6 Å². The molecule has 5 heteroatoms. The standard InChI is InChI=1S/C8H17N3O2/c9-7(12)5-11-6-8(13)1-3-10-4-2-8/h10-11,13H,1-6H2,(H2,9,12). The molecule has 1 saturated heterocycles. The van der Waals surface area contributed by atoms with Crippen LogP contribution >= 0.6 is 0 Å². The van der Waals surface area contributed by atoms with Crippen LogP contribution in [0.2, 0.25) is 0 Å². The van der Waals surface area contributed by atoms with Crippen molar-refractivity contribution >= 4 is 5.91 Å². The molecule has 0 atom stereocenters. The summed E-state index contributed by atoms with van der Waals surface area (Å²) in [5, 5.41) is 15.9. The summed E-state index contributed by atoms with van der Waals surface area (Å²) in [6.45, 7) is 2.23. The Bertz CT molecular complexity index is 178. The average Bonchev–Trinajstić information content (AvgIpc) is 2.04. The number of piperidine rings is 1. The maximum atomic E-state index is 10.4. The summed E-state index contributed by atoms with van der Waals surface area (Å²) >= 11 is 0. The molecule has 1 heterocycles. The Morgan fingerprint density at radius 1 is 1.54 bits per heavy atom. The van der Waals surface area contributed by atoms with Crippen LogP contribution in [0.5, 0.6) is 0 Å². The Morgan fingerprint density at radius 3 is 2.69 bits per heavy atom. The Labute approximate surface area is 77.7 Å². The van der Waals surface area contributed by atoms with Crippen molar-refractivity contribution in [2.45, 2.75) is 18.4 Å². The molecule has 0 radical (unpaired) electrons. The smallest absolute Gasteiger partial charge is 0.231 e. The van der Waals surface area contributed by atoms with Gasteiger partial charge in [-0.2, -0.15) is 0 Å². The van der Waals surface area contributed by atoms with Gasteiger partial charge < -0.3 is 21.5 Å². The molecule has 0 saturated carbocycles. The van der Waals surface area contributed by atoms with Gasteiger partial charge in [0.2, 0.25) is 5.91 Å². The molecule has 1 rings (SSSR count). The third-order valence-electron chi connectivity index (χ3n) is 2.29. The second-order valence-corrected chi connectivity index (χ2v) is 3.54. The summed E-state index contributed by atoms with van der Waals surface area (Å²) in [7, 11) is 0. The van der Waals surface area contributed by atoms with Crippen LogP contribution in [0.15, 0.2) is 0 Å². The highest BCUT2D eigenvalue weighted by atomic mass is 16.3. The number of nitrogens with two attached hydrogens (primary N) is 1. The van der Waals surface area contributed by atoms with E-state index in [2.05, 4.69) is 10.6 Å². The first-order valence-electron chi connectivity index (χ1n) is 4.54. The number of amides is 1. The molecule has 13 heavy (non-hydrogen) atoms. The summed E-state index contributed by atoms with van der Waals surface area (Å²) in [6, 6.07) is 0. The van der Waals surface area contributed by atoms with Crippen molar-refractivity contribution in [3.8, 4) is 0 Å². The van der Waals surface area contributed by atoms with Crippen molar-refractivity contribution in [2.75, 3.05) is 26.2 Å². The number of carbonyl (C=O) groups excluding carboxylic acids is 1. The molecule has 1 aliphatic rings. The number of primary amides is 1. The first-order valence-corrected chi connectivity index (χ1v) is 4.54. The monoisotopic (exact) mass is 187 g/mol. The van der Waals surface area contributed by atoms with Gasteiger partial charge in [-0.05, 0) is 25.9 Å². The SMILES string of the molecule is NC(=O)CNCC1(O)CCNCC1. The predicted octanol–water partition coefficient (Wildman–Crippen LogP) is -1.82. The lowest BCUT2D eigenvalue weighted by Gasteiger charge is -2.32. The lowest BCUT2D eigenvalue weighted by molar-refractivity contribution is -0.117. The van der Waals surface area contributed by atoms with E-state index in [1.54, 1.807) is 0 Å². The van der Waals surface area contributed by atoms with E-state index in [1.807, 2.05) is 0 Å². The van der Waals surface area contributed by atoms with Crippen LogP contribution in [-0.2, 0) is 4.79 Å². The second kappa shape index (κ2) is 4.55. The highest BCUT2D eigenvalue weighted by molar-refractivity contribution is 5.75. The molecule has 1 aliphatic heterocycles. The molecule has 0 aromatic rings. The van der Waals surface area contributed by atoms with Crippen LogP contribution in [-0.4, -0.2) is 42.8 Å².